The third kappa shape index (κ3) is 8.84. The molecule has 0 aliphatic heterocycles. The number of carbonyl (C=O) groups is 2. The number of amides is 3. The van der Waals surface area contributed by atoms with Crippen LogP contribution in [0.5, 0.6) is 0 Å². The van der Waals surface area contributed by atoms with Crippen molar-refractivity contribution in [3.63, 3.8) is 0 Å². The van der Waals surface area contributed by atoms with Gasteiger partial charge in [-0.2, -0.15) is 13.2 Å². The maximum absolute atomic E-state index is 14.2. The van der Waals surface area contributed by atoms with Gasteiger partial charge in [0.1, 0.15) is 12.1 Å². The van der Waals surface area contributed by atoms with E-state index >= 15 is 0 Å². The first-order valence-corrected chi connectivity index (χ1v) is 18.3. The number of anilines is 3. The molecule has 0 aliphatic carbocycles. The van der Waals surface area contributed by atoms with E-state index in [9.17, 15) is 31.2 Å². The summed E-state index contributed by atoms with van der Waals surface area (Å²) < 4.78 is 70.3. The smallest absolute Gasteiger partial charge is 0.322 e. The molecular weight excluding hydrogens is 710 g/mol. The zero-order valence-electron chi connectivity index (χ0n) is 30.0. The summed E-state index contributed by atoms with van der Waals surface area (Å²) >= 11 is 0. The van der Waals surface area contributed by atoms with E-state index in [1.165, 1.54) is 60.6 Å². The second-order valence-corrected chi connectivity index (χ2v) is 14.2. The number of urea groups is 1. The number of carbonyl (C=O) groups excluding carboxylic acids is 2. The number of alkyl halides is 3. The van der Waals surface area contributed by atoms with Crippen LogP contribution in [-0.4, -0.2) is 72.4 Å². The third-order valence-corrected chi connectivity index (χ3v) is 10.4. The van der Waals surface area contributed by atoms with Gasteiger partial charge < -0.3 is 16.0 Å². The van der Waals surface area contributed by atoms with Gasteiger partial charge in [0.15, 0.2) is 5.65 Å². The molecule has 5 aromatic rings. The fourth-order valence-electron chi connectivity index (χ4n) is 5.66. The maximum atomic E-state index is 14.2. The largest absolute Gasteiger partial charge is 0.416 e. The van der Waals surface area contributed by atoms with Crippen LogP contribution in [-0.2, 0) is 22.7 Å². The molecule has 280 valence electrons. The highest BCUT2D eigenvalue weighted by Crippen LogP contribution is 2.35. The zero-order chi connectivity index (χ0) is 38.5. The number of hydrogen-bond acceptors (Lipinski definition) is 8. The number of aryl methyl sites for hydroxylation is 2. The van der Waals surface area contributed by atoms with Gasteiger partial charge in [0.25, 0.3) is 15.9 Å². The highest BCUT2D eigenvalue weighted by atomic mass is 32.2. The standard InChI is InChI=1S/C37H41F3N8O4S/c1-6-41-17-19-47(7-2)22-27-12-13-28(21-31(27)37(38,39)40)44-35(49)26-11-10-25(4)32(20-26)45-36(50)46(5)33-30-16-18-48(34(30)43-23-42-33)53(51,52)29-14-8-24(3)9-15-29/h8-16,18,20-21,23,41H,6-7,17,19,22H2,1-5H3,(H,44,49)(H,45,50). The summed E-state index contributed by atoms with van der Waals surface area (Å²) in [5, 5.41) is 8.77. The number of fused-ring (bicyclic) bond motifs is 1. The summed E-state index contributed by atoms with van der Waals surface area (Å²) in [6.45, 7) is 10.1. The molecule has 0 radical (unpaired) electrons. The fraction of sp³-hybridized carbons (Fsp3) is 0.297. The Bertz CT molecular complexity index is 2220. The maximum Gasteiger partial charge on any atom is 0.416 e. The molecule has 0 aliphatic rings. The lowest BCUT2D eigenvalue weighted by Gasteiger charge is -2.23. The van der Waals surface area contributed by atoms with Crippen molar-refractivity contribution >= 4 is 50.2 Å². The van der Waals surface area contributed by atoms with E-state index in [-0.39, 0.29) is 45.4 Å². The minimum Gasteiger partial charge on any atom is -0.322 e. The molecule has 16 heteroatoms. The van der Waals surface area contributed by atoms with Gasteiger partial charge >= 0.3 is 12.2 Å². The average molecular weight is 751 g/mol. The minimum absolute atomic E-state index is 0.0308. The van der Waals surface area contributed by atoms with E-state index in [0.29, 0.717) is 30.6 Å². The summed E-state index contributed by atoms with van der Waals surface area (Å²) in [6, 6.07) is 15.5. The molecule has 3 aromatic carbocycles. The van der Waals surface area contributed by atoms with Crippen molar-refractivity contribution < 1.29 is 31.2 Å². The van der Waals surface area contributed by atoms with Crippen LogP contribution in [0.15, 0.2) is 84.1 Å². The number of rotatable bonds is 13. The Kier molecular flexibility index (Phi) is 11.8. The van der Waals surface area contributed by atoms with E-state index in [1.54, 1.807) is 25.1 Å². The number of nitrogens with zero attached hydrogens (tertiary/aromatic N) is 5. The summed E-state index contributed by atoms with van der Waals surface area (Å²) in [5.41, 5.74) is 1.16. The topological polar surface area (TPSA) is 142 Å². The number of benzene rings is 3. The van der Waals surface area contributed by atoms with Gasteiger partial charge in [0.2, 0.25) is 0 Å². The number of nitrogens with one attached hydrogen (secondary N) is 3. The Hall–Kier alpha value is -5.32. The quantitative estimate of drug-likeness (QED) is 0.114. The number of aromatic nitrogens is 3. The van der Waals surface area contributed by atoms with Gasteiger partial charge in [0, 0.05) is 49.8 Å². The molecule has 0 saturated carbocycles. The summed E-state index contributed by atoms with van der Waals surface area (Å²) in [5.74, 6) is -0.551. The summed E-state index contributed by atoms with van der Waals surface area (Å²) in [6.07, 6.45) is -2.15. The van der Waals surface area contributed by atoms with Crippen molar-refractivity contribution in [2.24, 2.45) is 0 Å². The van der Waals surface area contributed by atoms with Crippen molar-refractivity contribution in [2.45, 2.75) is 45.3 Å². The minimum atomic E-state index is -4.64. The number of halogens is 3. The molecule has 3 N–H and O–H groups in total. The van der Waals surface area contributed by atoms with Crippen molar-refractivity contribution in [1.82, 2.24) is 24.2 Å². The predicted octanol–water partition coefficient (Wildman–Crippen LogP) is 6.66. The van der Waals surface area contributed by atoms with Crippen molar-refractivity contribution in [1.29, 1.82) is 0 Å². The van der Waals surface area contributed by atoms with Gasteiger partial charge in [-0.15, -0.1) is 0 Å². The van der Waals surface area contributed by atoms with Crippen LogP contribution in [0, 0.1) is 13.8 Å². The first-order chi connectivity index (χ1) is 25.1. The molecule has 0 unspecified atom stereocenters. The number of hydrogen-bond donors (Lipinski definition) is 3. The molecule has 5 rings (SSSR count). The van der Waals surface area contributed by atoms with Crippen LogP contribution in [0.3, 0.4) is 0 Å². The predicted molar refractivity (Wildman–Crippen MR) is 199 cm³/mol. The lowest BCUT2D eigenvalue weighted by Crippen LogP contribution is -2.32. The molecule has 12 nitrogen and oxygen atoms in total. The second-order valence-electron chi connectivity index (χ2n) is 12.4. The van der Waals surface area contributed by atoms with Crippen molar-refractivity contribution in [3.8, 4) is 0 Å². The normalized spacial score (nSPS) is 11.9. The Morgan fingerprint density at radius 1 is 0.925 bits per heavy atom. The molecular formula is C37H41F3N8O4S. The highest BCUT2D eigenvalue weighted by Gasteiger charge is 2.34. The average Bonchev–Trinajstić information content (AvgIpc) is 3.57. The summed E-state index contributed by atoms with van der Waals surface area (Å²) in [7, 11) is -2.56. The fourth-order valence-corrected chi connectivity index (χ4v) is 6.96. The Morgan fingerprint density at radius 2 is 1.66 bits per heavy atom. The van der Waals surface area contributed by atoms with Gasteiger partial charge in [0.05, 0.1) is 15.8 Å². The van der Waals surface area contributed by atoms with Crippen LogP contribution in [0.1, 0.15) is 46.5 Å². The second kappa shape index (κ2) is 16.1. The van der Waals surface area contributed by atoms with Gasteiger partial charge in [-0.1, -0.05) is 43.7 Å². The SMILES string of the molecule is CCNCCN(CC)Cc1ccc(NC(=O)c2ccc(C)c(NC(=O)N(C)c3ncnc4c3ccn4S(=O)(=O)c3ccc(C)cc3)c2)cc1C(F)(F)F. The van der Waals surface area contributed by atoms with Crippen LogP contribution >= 0.6 is 0 Å². The van der Waals surface area contributed by atoms with Crippen molar-refractivity contribution in [3.05, 3.63) is 107 Å². The number of likely N-dealkylation sites (N-methyl/N-ethyl adjacent to an activating group) is 2. The van der Waals surface area contributed by atoms with Crippen molar-refractivity contribution in [2.75, 3.05) is 48.8 Å². The Balaban J connectivity index is 1.33. The lowest BCUT2D eigenvalue weighted by molar-refractivity contribution is -0.138. The van der Waals surface area contributed by atoms with Crippen LogP contribution in [0.25, 0.3) is 11.0 Å². The van der Waals surface area contributed by atoms with Crippen LogP contribution < -0.4 is 20.9 Å². The molecule has 53 heavy (non-hydrogen) atoms. The molecule has 0 saturated heterocycles. The molecule has 3 amide bonds. The Morgan fingerprint density at radius 3 is 2.34 bits per heavy atom. The van der Waals surface area contributed by atoms with E-state index in [1.807, 2.05) is 25.7 Å². The summed E-state index contributed by atoms with van der Waals surface area (Å²) in [4.78, 5) is 38.3. The van der Waals surface area contributed by atoms with E-state index in [4.69, 9.17) is 0 Å². The van der Waals surface area contributed by atoms with Gasteiger partial charge in [-0.3, -0.25) is 14.6 Å². The Labute approximate surface area is 306 Å². The molecule has 0 fully saturated rings. The van der Waals surface area contributed by atoms with Gasteiger partial charge in [-0.05, 0) is 80.5 Å². The van der Waals surface area contributed by atoms with E-state index in [2.05, 4.69) is 25.9 Å². The third-order valence-electron chi connectivity index (χ3n) is 8.74. The lowest BCUT2D eigenvalue weighted by atomic mass is 10.0. The first-order valence-electron chi connectivity index (χ1n) is 16.9. The molecule has 2 heterocycles. The first kappa shape index (κ1) is 38.9. The zero-order valence-corrected chi connectivity index (χ0v) is 30.8. The van der Waals surface area contributed by atoms with E-state index in [0.717, 1.165) is 28.5 Å². The molecule has 0 bridgehead atoms. The van der Waals surface area contributed by atoms with Crippen LogP contribution in [0.2, 0.25) is 0 Å². The van der Waals surface area contributed by atoms with Gasteiger partial charge in [-0.25, -0.2) is 27.2 Å². The highest BCUT2D eigenvalue weighted by molar-refractivity contribution is 7.90. The molecule has 0 atom stereocenters. The monoisotopic (exact) mass is 750 g/mol. The van der Waals surface area contributed by atoms with E-state index < -0.39 is 33.7 Å². The molecule has 2 aromatic heterocycles. The van der Waals surface area contributed by atoms with Crippen LogP contribution in [0.4, 0.5) is 35.2 Å². The molecule has 0 spiro atoms.